The molecule has 0 N–H and O–H groups in total. The van der Waals surface area contributed by atoms with E-state index < -0.39 is 0 Å². The molecule has 1 atom stereocenters. The summed E-state index contributed by atoms with van der Waals surface area (Å²) < 4.78 is 10.4. The smallest absolute Gasteiger partial charge is 0.310 e. The Kier molecular flexibility index (Phi) is 3.79. The number of esters is 1. The van der Waals surface area contributed by atoms with E-state index in [0.29, 0.717) is 24.9 Å². The fourth-order valence-corrected chi connectivity index (χ4v) is 2.99. The number of thiophene rings is 1. The highest BCUT2D eigenvalue weighted by Crippen LogP contribution is 2.24. The minimum Gasteiger partial charge on any atom is -0.469 e. The summed E-state index contributed by atoms with van der Waals surface area (Å²) in [4.78, 5) is 14.6. The second-order valence-electron chi connectivity index (χ2n) is 4.72. The fourth-order valence-electron chi connectivity index (χ4n) is 2.34. The molecular weight excluding hydrogens is 278 g/mol. The maximum Gasteiger partial charge on any atom is 0.310 e. The lowest BCUT2D eigenvalue weighted by Gasteiger charge is -2.12. The monoisotopic (exact) mass is 293 g/mol. The zero-order chi connectivity index (χ0) is 13.9. The minimum atomic E-state index is -0.141. The van der Waals surface area contributed by atoms with Crippen LogP contribution in [0.5, 0.6) is 0 Å². The second kappa shape index (κ2) is 5.72. The van der Waals surface area contributed by atoms with E-state index in [1.165, 1.54) is 7.11 Å². The molecule has 0 amide bonds. The lowest BCUT2D eigenvalue weighted by atomic mass is 10.1. The molecule has 20 heavy (non-hydrogen) atoms. The molecule has 1 fully saturated rings. The van der Waals surface area contributed by atoms with Crippen LogP contribution in [0.4, 0.5) is 0 Å². The van der Waals surface area contributed by atoms with Crippen LogP contribution in [0.3, 0.4) is 0 Å². The number of carbonyl (C=O) groups is 1. The van der Waals surface area contributed by atoms with Gasteiger partial charge in [-0.1, -0.05) is 6.07 Å². The molecule has 0 radical (unpaired) electrons. The van der Waals surface area contributed by atoms with Gasteiger partial charge in [-0.15, -0.1) is 21.5 Å². The molecule has 0 aliphatic carbocycles. The Bertz CT molecular complexity index is 581. The van der Waals surface area contributed by atoms with Crippen molar-refractivity contribution in [2.24, 2.45) is 5.92 Å². The van der Waals surface area contributed by atoms with E-state index >= 15 is 0 Å². The Labute approximate surface area is 120 Å². The summed E-state index contributed by atoms with van der Waals surface area (Å²) in [5, 5.41) is 10.1. The number of likely N-dealkylation sites (tertiary alicyclic amines) is 1. The Morgan fingerprint density at radius 3 is 3.25 bits per heavy atom. The molecule has 2 aromatic rings. The quantitative estimate of drug-likeness (QED) is 0.801. The van der Waals surface area contributed by atoms with Crippen LogP contribution < -0.4 is 0 Å². The molecule has 0 saturated carbocycles. The number of hydrogen-bond acceptors (Lipinski definition) is 7. The van der Waals surface area contributed by atoms with E-state index in [4.69, 9.17) is 9.15 Å². The van der Waals surface area contributed by atoms with E-state index in [0.717, 1.165) is 17.8 Å². The van der Waals surface area contributed by atoms with Gasteiger partial charge in [0.05, 0.1) is 24.4 Å². The van der Waals surface area contributed by atoms with Gasteiger partial charge >= 0.3 is 5.97 Å². The first kappa shape index (κ1) is 13.3. The van der Waals surface area contributed by atoms with E-state index in [1.807, 2.05) is 17.5 Å². The third kappa shape index (κ3) is 2.73. The van der Waals surface area contributed by atoms with Crippen molar-refractivity contribution in [2.45, 2.75) is 13.0 Å². The van der Waals surface area contributed by atoms with Crippen LogP contribution in [0.2, 0.25) is 0 Å². The van der Waals surface area contributed by atoms with Crippen LogP contribution in [0.1, 0.15) is 12.3 Å². The number of nitrogens with zero attached hydrogens (tertiary/aromatic N) is 3. The molecule has 3 heterocycles. The summed E-state index contributed by atoms with van der Waals surface area (Å²) in [5.74, 6) is 0.953. The van der Waals surface area contributed by atoms with Gasteiger partial charge in [-0.25, -0.2) is 0 Å². The highest BCUT2D eigenvalue weighted by atomic mass is 32.1. The summed E-state index contributed by atoms with van der Waals surface area (Å²) >= 11 is 1.57. The van der Waals surface area contributed by atoms with Crippen molar-refractivity contribution in [3.63, 3.8) is 0 Å². The first-order valence-corrected chi connectivity index (χ1v) is 7.30. The average Bonchev–Trinajstić information content (AvgIpc) is 3.19. The molecule has 0 aromatic carbocycles. The predicted molar refractivity (Wildman–Crippen MR) is 73.0 cm³/mol. The van der Waals surface area contributed by atoms with E-state index in [1.54, 1.807) is 11.3 Å². The zero-order valence-corrected chi connectivity index (χ0v) is 11.9. The van der Waals surface area contributed by atoms with E-state index in [2.05, 4.69) is 15.1 Å². The Hall–Kier alpha value is -1.73. The van der Waals surface area contributed by atoms with Crippen molar-refractivity contribution >= 4 is 17.3 Å². The van der Waals surface area contributed by atoms with Crippen LogP contribution >= 0.6 is 11.3 Å². The Morgan fingerprint density at radius 2 is 2.50 bits per heavy atom. The average molecular weight is 293 g/mol. The van der Waals surface area contributed by atoms with Crippen molar-refractivity contribution in [3.05, 3.63) is 23.4 Å². The number of rotatable bonds is 4. The SMILES string of the molecule is COC(=O)C1CCN(Cc2nnc(-c3cccs3)o2)C1. The van der Waals surface area contributed by atoms with Crippen LogP contribution in [-0.2, 0) is 16.1 Å². The Balaban J connectivity index is 1.61. The van der Waals surface area contributed by atoms with Gasteiger partial charge in [-0.2, -0.15) is 0 Å². The van der Waals surface area contributed by atoms with Crippen LogP contribution in [0.25, 0.3) is 10.8 Å². The molecule has 106 valence electrons. The maximum absolute atomic E-state index is 11.5. The molecule has 6 nitrogen and oxygen atoms in total. The molecule has 1 aliphatic rings. The molecule has 1 unspecified atom stereocenters. The van der Waals surface area contributed by atoms with Gasteiger partial charge in [0.15, 0.2) is 0 Å². The number of methoxy groups -OCH3 is 1. The number of hydrogen-bond donors (Lipinski definition) is 0. The zero-order valence-electron chi connectivity index (χ0n) is 11.1. The molecule has 3 rings (SSSR count). The topological polar surface area (TPSA) is 68.5 Å². The lowest BCUT2D eigenvalue weighted by molar-refractivity contribution is -0.144. The highest BCUT2D eigenvalue weighted by molar-refractivity contribution is 7.13. The van der Waals surface area contributed by atoms with Crippen molar-refractivity contribution < 1.29 is 13.9 Å². The summed E-state index contributed by atoms with van der Waals surface area (Å²) in [7, 11) is 1.43. The fraction of sp³-hybridized carbons (Fsp3) is 0.462. The largest absolute Gasteiger partial charge is 0.469 e. The molecule has 0 spiro atoms. The molecule has 1 aliphatic heterocycles. The normalized spacial score (nSPS) is 19.4. The summed E-state index contributed by atoms with van der Waals surface area (Å²) in [6.45, 7) is 2.10. The molecule has 2 aromatic heterocycles. The van der Waals surface area contributed by atoms with Crippen LogP contribution in [-0.4, -0.2) is 41.3 Å². The van der Waals surface area contributed by atoms with Crippen molar-refractivity contribution in [2.75, 3.05) is 20.2 Å². The summed E-state index contributed by atoms with van der Waals surface area (Å²) in [6, 6.07) is 3.90. The second-order valence-corrected chi connectivity index (χ2v) is 5.67. The molecule has 1 saturated heterocycles. The first-order chi connectivity index (χ1) is 9.76. The van der Waals surface area contributed by atoms with Crippen molar-refractivity contribution in [1.82, 2.24) is 15.1 Å². The summed E-state index contributed by atoms with van der Waals surface area (Å²) in [5.41, 5.74) is 0. The Morgan fingerprint density at radius 1 is 1.60 bits per heavy atom. The number of carbonyl (C=O) groups excluding carboxylic acids is 1. The van der Waals surface area contributed by atoms with Gasteiger partial charge in [0.25, 0.3) is 5.89 Å². The van der Waals surface area contributed by atoms with Gasteiger partial charge in [-0.05, 0) is 24.4 Å². The van der Waals surface area contributed by atoms with E-state index in [-0.39, 0.29) is 11.9 Å². The lowest BCUT2D eigenvalue weighted by Crippen LogP contribution is -2.23. The molecular formula is C13H15N3O3S. The molecule has 0 bridgehead atoms. The van der Waals surface area contributed by atoms with Crippen molar-refractivity contribution in [1.29, 1.82) is 0 Å². The van der Waals surface area contributed by atoms with Gasteiger partial charge in [0.1, 0.15) is 0 Å². The third-order valence-electron chi connectivity index (χ3n) is 3.36. The first-order valence-electron chi connectivity index (χ1n) is 6.42. The van der Waals surface area contributed by atoms with E-state index in [9.17, 15) is 4.79 Å². The number of aromatic nitrogens is 2. The van der Waals surface area contributed by atoms with Crippen LogP contribution in [0.15, 0.2) is 21.9 Å². The van der Waals surface area contributed by atoms with Gasteiger partial charge < -0.3 is 9.15 Å². The standard InChI is InChI=1S/C13H15N3O3S/c1-18-13(17)9-4-5-16(7-9)8-11-14-15-12(19-11)10-3-2-6-20-10/h2-3,6,9H,4-5,7-8H2,1H3. The van der Waals surface area contributed by atoms with Crippen molar-refractivity contribution in [3.8, 4) is 10.8 Å². The summed E-state index contributed by atoms with van der Waals surface area (Å²) in [6.07, 6.45) is 0.818. The van der Waals surface area contributed by atoms with Gasteiger partial charge in [-0.3, -0.25) is 9.69 Å². The maximum atomic E-state index is 11.5. The van der Waals surface area contributed by atoms with Crippen LogP contribution in [0, 0.1) is 5.92 Å². The van der Waals surface area contributed by atoms with Gasteiger partial charge in [0.2, 0.25) is 5.89 Å². The predicted octanol–water partition coefficient (Wildman–Crippen LogP) is 1.79. The number of ether oxygens (including phenoxy) is 1. The molecule has 7 heteroatoms. The highest BCUT2D eigenvalue weighted by Gasteiger charge is 2.29. The minimum absolute atomic E-state index is 0.0420. The van der Waals surface area contributed by atoms with Gasteiger partial charge in [0, 0.05) is 6.54 Å². The third-order valence-corrected chi connectivity index (χ3v) is 4.22.